The maximum Gasteiger partial charge on any atom is 0.144 e. The van der Waals surface area contributed by atoms with Crippen LogP contribution in [-0.4, -0.2) is 19.7 Å². The predicted octanol–water partition coefficient (Wildman–Crippen LogP) is 2.90. The lowest BCUT2D eigenvalue weighted by Gasteiger charge is -2.24. The minimum atomic E-state index is 0.655. The van der Waals surface area contributed by atoms with Crippen LogP contribution in [0.5, 0.6) is 5.75 Å². The molecule has 2 rings (SSSR count). The predicted molar refractivity (Wildman–Crippen MR) is 72.6 cm³/mol. The fraction of sp³-hybridized carbons (Fsp3) is 0.571. The molecule has 0 saturated heterocycles. The largest absolute Gasteiger partial charge is 0.492 e. The van der Waals surface area contributed by atoms with Crippen LogP contribution in [0.2, 0.25) is 0 Å². The highest BCUT2D eigenvalue weighted by atomic mass is 16.5. The number of nitrogens with two attached hydrogens (primary N) is 1. The first-order chi connectivity index (χ1) is 8.24. The molecule has 1 saturated carbocycles. The molecule has 1 aliphatic rings. The molecule has 0 radical (unpaired) electrons. The zero-order valence-electron chi connectivity index (χ0n) is 10.8. The van der Waals surface area contributed by atoms with E-state index in [2.05, 4.69) is 24.0 Å². The van der Waals surface area contributed by atoms with Crippen LogP contribution >= 0.6 is 0 Å². The summed E-state index contributed by atoms with van der Waals surface area (Å²) < 4.78 is 5.54. The maximum absolute atomic E-state index is 5.89. The van der Waals surface area contributed by atoms with E-state index in [1.54, 1.807) is 0 Å². The summed E-state index contributed by atoms with van der Waals surface area (Å²) in [5.74, 6) is 1.70. The molecule has 0 bridgehead atoms. The molecule has 0 amide bonds. The third-order valence-corrected chi connectivity index (χ3v) is 3.22. The van der Waals surface area contributed by atoms with Crippen molar-refractivity contribution >= 4 is 11.4 Å². The van der Waals surface area contributed by atoms with Crippen molar-refractivity contribution in [3.05, 3.63) is 18.2 Å². The average molecular weight is 234 g/mol. The van der Waals surface area contributed by atoms with Crippen molar-refractivity contribution in [2.75, 3.05) is 30.3 Å². The van der Waals surface area contributed by atoms with Crippen LogP contribution in [0.4, 0.5) is 11.4 Å². The van der Waals surface area contributed by atoms with Crippen LogP contribution in [0.1, 0.15) is 26.7 Å². The number of ether oxygens (including phenoxy) is 1. The lowest BCUT2D eigenvalue weighted by atomic mass is 10.2. The highest BCUT2D eigenvalue weighted by molar-refractivity contribution is 5.62. The monoisotopic (exact) mass is 234 g/mol. The topological polar surface area (TPSA) is 38.5 Å². The Kier molecular flexibility index (Phi) is 3.77. The summed E-state index contributed by atoms with van der Waals surface area (Å²) in [6.07, 6.45) is 2.76. The number of nitrogen functional groups attached to an aromatic ring is 1. The molecule has 0 spiro atoms. The summed E-state index contributed by atoms with van der Waals surface area (Å²) in [5, 5.41) is 0. The van der Waals surface area contributed by atoms with E-state index in [4.69, 9.17) is 10.5 Å². The molecule has 0 aromatic heterocycles. The molecule has 2 N–H and O–H groups in total. The van der Waals surface area contributed by atoms with Gasteiger partial charge in [-0.3, -0.25) is 0 Å². The molecule has 0 heterocycles. The summed E-state index contributed by atoms with van der Waals surface area (Å²) in [7, 11) is 0. The van der Waals surface area contributed by atoms with Gasteiger partial charge in [0, 0.05) is 24.8 Å². The lowest BCUT2D eigenvalue weighted by Crippen LogP contribution is -2.25. The Morgan fingerprint density at radius 2 is 2.12 bits per heavy atom. The van der Waals surface area contributed by atoms with Crippen molar-refractivity contribution < 1.29 is 4.74 Å². The van der Waals surface area contributed by atoms with E-state index in [9.17, 15) is 0 Å². The number of hydrogen-bond acceptors (Lipinski definition) is 3. The van der Waals surface area contributed by atoms with Gasteiger partial charge < -0.3 is 15.4 Å². The van der Waals surface area contributed by atoms with E-state index < -0.39 is 0 Å². The molecular weight excluding hydrogens is 212 g/mol. The van der Waals surface area contributed by atoms with E-state index in [0.29, 0.717) is 6.61 Å². The Labute approximate surface area is 104 Å². The SMILES string of the molecule is CCOc1cc(N(CC)CC2CC2)ccc1N. The number of hydrogen-bond donors (Lipinski definition) is 1. The molecule has 0 atom stereocenters. The molecule has 1 aromatic carbocycles. The molecule has 0 unspecified atom stereocenters. The fourth-order valence-corrected chi connectivity index (χ4v) is 2.03. The summed E-state index contributed by atoms with van der Waals surface area (Å²) in [5.41, 5.74) is 7.83. The van der Waals surface area contributed by atoms with E-state index in [1.165, 1.54) is 18.5 Å². The lowest BCUT2D eigenvalue weighted by molar-refractivity contribution is 0.342. The summed E-state index contributed by atoms with van der Waals surface area (Å²) in [4.78, 5) is 2.40. The van der Waals surface area contributed by atoms with E-state index in [-0.39, 0.29) is 0 Å². The van der Waals surface area contributed by atoms with Gasteiger partial charge in [-0.15, -0.1) is 0 Å². The van der Waals surface area contributed by atoms with Gasteiger partial charge in [-0.25, -0.2) is 0 Å². The van der Waals surface area contributed by atoms with Crippen LogP contribution in [0, 0.1) is 5.92 Å². The van der Waals surface area contributed by atoms with Gasteiger partial charge in [0.05, 0.1) is 12.3 Å². The second-order valence-corrected chi connectivity index (χ2v) is 4.64. The smallest absolute Gasteiger partial charge is 0.144 e. The Balaban J connectivity index is 2.14. The molecule has 94 valence electrons. The van der Waals surface area contributed by atoms with Crippen LogP contribution in [0.25, 0.3) is 0 Å². The average Bonchev–Trinajstić information content (AvgIpc) is 3.13. The Morgan fingerprint density at radius 3 is 2.71 bits per heavy atom. The summed E-state index contributed by atoms with van der Waals surface area (Å²) in [6, 6.07) is 6.09. The van der Waals surface area contributed by atoms with Gasteiger partial charge in [-0.2, -0.15) is 0 Å². The fourth-order valence-electron chi connectivity index (χ4n) is 2.03. The van der Waals surface area contributed by atoms with Gasteiger partial charge in [0.15, 0.2) is 0 Å². The molecular formula is C14H22N2O. The van der Waals surface area contributed by atoms with E-state index in [0.717, 1.165) is 30.4 Å². The third-order valence-electron chi connectivity index (χ3n) is 3.22. The standard InChI is InChI=1S/C14H22N2O/c1-3-16(10-11-5-6-11)12-7-8-13(15)14(9-12)17-4-2/h7-9,11H,3-6,10,15H2,1-2H3. The van der Waals surface area contributed by atoms with Gasteiger partial charge in [-0.1, -0.05) is 0 Å². The number of rotatable bonds is 6. The van der Waals surface area contributed by atoms with Crippen molar-refractivity contribution in [1.29, 1.82) is 0 Å². The molecule has 17 heavy (non-hydrogen) atoms. The molecule has 1 aromatic rings. The Bertz CT molecular complexity index is 374. The number of nitrogens with zero attached hydrogens (tertiary/aromatic N) is 1. The van der Waals surface area contributed by atoms with Crippen molar-refractivity contribution in [3.8, 4) is 5.75 Å². The second kappa shape index (κ2) is 5.30. The molecule has 1 aliphatic carbocycles. The first-order valence-electron chi connectivity index (χ1n) is 6.51. The Morgan fingerprint density at radius 1 is 1.35 bits per heavy atom. The minimum absolute atomic E-state index is 0.655. The Hall–Kier alpha value is -1.38. The zero-order chi connectivity index (χ0) is 12.3. The van der Waals surface area contributed by atoms with Crippen LogP contribution in [0.15, 0.2) is 18.2 Å². The van der Waals surface area contributed by atoms with Crippen molar-refractivity contribution in [1.82, 2.24) is 0 Å². The normalized spacial score (nSPS) is 14.7. The van der Waals surface area contributed by atoms with E-state index >= 15 is 0 Å². The van der Waals surface area contributed by atoms with Crippen molar-refractivity contribution in [2.24, 2.45) is 5.92 Å². The first kappa shape index (κ1) is 12.1. The van der Waals surface area contributed by atoms with Gasteiger partial charge in [-0.05, 0) is 44.7 Å². The summed E-state index contributed by atoms with van der Waals surface area (Å²) in [6.45, 7) is 7.02. The van der Waals surface area contributed by atoms with Gasteiger partial charge >= 0.3 is 0 Å². The van der Waals surface area contributed by atoms with Gasteiger partial charge in [0.1, 0.15) is 5.75 Å². The molecule has 1 fully saturated rings. The number of anilines is 2. The highest BCUT2D eigenvalue weighted by Crippen LogP contribution is 2.33. The van der Waals surface area contributed by atoms with Gasteiger partial charge in [0.2, 0.25) is 0 Å². The molecule has 3 heteroatoms. The first-order valence-corrected chi connectivity index (χ1v) is 6.51. The van der Waals surface area contributed by atoms with Crippen LogP contribution in [-0.2, 0) is 0 Å². The second-order valence-electron chi connectivity index (χ2n) is 4.64. The minimum Gasteiger partial charge on any atom is -0.492 e. The molecule has 3 nitrogen and oxygen atoms in total. The molecule has 0 aliphatic heterocycles. The van der Waals surface area contributed by atoms with Crippen LogP contribution < -0.4 is 15.4 Å². The highest BCUT2D eigenvalue weighted by Gasteiger charge is 2.24. The quantitative estimate of drug-likeness (QED) is 0.769. The van der Waals surface area contributed by atoms with Crippen LogP contribution in [0.3, 0.4) is 0 Å². The zero-order valence-corrected chi connectivity index (χ0v) is 10.8. The number of benzene rings is 1. The van der Waals surface area contributed by atoms with E-state index in [1.807, 2.05) is 13.0 Å². The van der Waals surface area contributed by atoms with Crippen molar-refractivity contribution in [3.63, 3.8) is 0 Å². The van der Waals surface area contributed by atoms with Gasteiger partial charge in [0.25, 0.3) is 0 Å². The van der Waals surface area contributed by atoms with Crippen molar-refractivity contribution in [2.45, 2.75) is 26.7 Å². The summed E-state index contributed by atoms with van der Waals surface area (Å²) >= 11 is 0. The third kappa shape index (κ3) is 3.05. The maximum atomic E-state index is 5.89.